The van der Waals surface area contributed by atoms with Crippen LogP contribution in [0.1, 0.15) is 48.2 Å². The largest absolute Gasteiger partial charge is 0.337 e. The number of amides is 2. The monoisotopic (exact) mass is 644 g/mol. The highest BCUT2D eigenvalue weighted by molar-refractivity contribution is 7.93. The number of nitrogens with one attached hydrogen (secondary N) is 4. The molecule has 2 aromatic carbocycles. The number of aryl methyl sites for hydroxylation is 2. The first-order valence-corrected chi connectivity index (χ1v) is 16.4. The maximum atomic E-state index is 12.6. The van der Waals surface area contributed by atoms with Crippen molar-refractivity contribution in [1.82, 2.24) is 10.3 Å². The van der Waals surface area contributed by atoms with Crippen molar-refractivity contribution >= 4 is 55.0 Å². The van der Waals surface area contributed by atoms with Crippen LogP contribution in [0.3, 0.4) is 0 Å². The summed E-state index contributed by atoms with van der Waals surface area (Å²) in [6, 6.07) is 11.3. The summed E-state index contributed by atoms with van der Waals surface area (Å²) in [7, 11) is -7.81. The quantitative estimate of drug-likeness (QED) is 0.149. The Bertz CT molecular complexity index is 1730. The van der Waals surface area contributed by atoms with Crippen LogP contribution in [-0.4, -0.2) is 39.0 Å². The molecule has 16 heteroatoms. The highest BCUT2D eigenvalue weighted by Gasteiger charge is 2.20. The molecular formula is C28H32N6O8S2. The van der Waals surface area contributed by atoms with Crippen molar-refractivity contribution < 1.29 is 35.5 Å². The number of benzene rings is 2. The fourth-order valence-electron chi connectivity index (χ4n) is 3.84. The molecule has 0 saturated carbocycles. The minimum atomic E-state index is -3.91. The van der Waals surface area contributed by atoms with Crippen molar-refractivity contribution in [2.24, 2.45) is 0 Å². The molecule has 14 nitrogen and oxygen atoms in total. The van der Waals surface area contributed by atoms with E-state index in [1.807, 2.05) is 0 Å². The molecule has 0 bridgehead atoms. The van der Waals surface area contributed by atoms with Gasteiger partial charge in [-0.2, -0.15) is 0 Å². The van der Waals surface area contributed by atoms with Gasteiger partial charge in [-0.1, -0.05) is 10.3 Å². The Morgan fingerprint density at radius 1 is 0.614 bits per heavy atom. The van der Waals surface area contributed by atoms with Gasteiger partial charge in [-0.25, -0.2) is 26.3 Å². The number of hydrogen-bond acceptors (Lipinski definition) is 10. The van der Waals surface area contributed by atoms with Gasteiger partial charge in [0.25, 0.3) is 20.0 Å². The molecule has 0 aliphatic rings. The molecule has 0 radical (unpaired) electrons. The average molecular weight is 645 g/mol. The molecule has 4 rings (SSSR count). The second kappa shape index (κ2) is 13.3. The zero-order valence-electron chi connectivity index (χ0n) is 24.4. The highest BCUT2D eigenvalue weighted by atomic mass is 32.2. The molecule has 0 saturated heterocycles. The van der Waals surface area contributed by atoms with Crippen LogP contribution in [0.5, 0.6) is 0 Å². The third-order valence-corrected chi connectivity index (χ3v) is 9.42. The lowest BCUT2D eigenvalue weighted by Gasteiger charge is -2.09. The summed E-state index contributed by atoms with van der Waals surface area (Å²) in [6.07, 6.45) is 1.19. The molecule has 0 spiro atoms. The zero-order chi connectivity index (χ0) is 32.1. The number of carbonyl (C=O) groups is 2. The van der Waals surface area contributed by atoms with E-state index in [4.69, 9.17) is 9.05 Å². The van der Waals surface area contributed by atoms with E-state index >= 15 is 0 Å². The standard InChI is InChI=1S/C28H32N6O8S2/c1-17-19(3)31-41-27(17)33-43(37,38)23-13-9-21(10-14-23)29-25(35)7-5-6-8-26(36)30-22-11-15-24(16-12-22)44(39,40)34-28-18(2)20(4)32-42-28/h9-16,33-34H,5-8H2,1-4H3,(H,29,35)(H,30,36). The Balaban J connectivity index is 1.18. The Labute approximate surface area is 254 Å². The second-order valence-electron chi connectivity index (χ2n) is 10.0. The van der Waals surface area contributed by atoms with Gasteiger partial charge in [0.05, 0.1) is 21.2 Å². The van der Waals surface area contributed by atoms with Crippen molar-refractivity contribution in [3.05, 3.63) is 71.0 Å². The normalized spacial score (nSPS) is 11.6. The smallest absolute Gasteiger partial charge is 0.264 e. The minimum absolute atomic E-state index is 0.0144. The van der Waals surface area contributed by atoms with Gasteiger partial charge >= 0.3 is 0 Å². The van der Waals surface area contributed by atoms with E-state index in [9.17, 15) is 26.4 Å². The Kier molecular flexibility index (Phi) is 9.74. The molecule has 4 aromatic rings. The maximum Gasteiger partial charge on any atom is 0.264 e. The van der Waals surface area contributed by atoms with Crippen LogP contribution in [-0.2, 0) is 29.6 Å². The van der Waals surface area contributed by atoms with E-state index in [0.717, 1.165) is 0 Å². The molecule has 0 aliphatic heterocycles. The van der Waals surface area contributed by atoms with E-state index in [2.05, 4.69) is 30.4 Å². The van der Waals surface area contributed by atoms with Crippen molar-refractivity contribution in [3.63, 3.8) is 0 Å². The molecule has 0 atom stereocenters. The number of rotatable bonds is 13. The van der Waals surface area contributed by atoms with E-state index in [1.54, 1.807) is 27.7 Å². The summed E-state index contributed by atoms with van der Waals surface area (Å²) in [5.41, 5.74) is 3.16. The van der Waals surface area contributed by atoms with Crippen LogP contribution in [0.25, 0.3) is 0 Å². The van der Waals surface area contributed by atoms with Gasteiger partial charge in [-0.3, -0.25) is 9.59 Å². The van der Waals surface area contributed by atoms with Gasteiger partial charge in [0.15, 0.2) is 0 Å². The summed E-state index contributed by atoms with van der Waals surface area (Å²) in [4.78, 5) is 24.6. The number of sulfonamides is 2. The minimum Gasteiger partial charge on any atom is -0.337 e. The Morgan fingerprint density at radius 2 is 0.955 bits per heavy atom. The van der Waals surface area contributed by atoms with Crippen LogP contribution >= 0.6 is 0 Å². The summed E-state index contributed by atoms with van der Waals surface area (Å²) in [5.74, 6) is -0.486. The van der Waals surface area contributed by atoms with Crippen LogP contribution in [0.2, 0.25) is 0 Å². The lowest BCUT2D eigenvalue weighted by atomic mass is 10.1. The van der Waals surface area contributed by atoms with Gasteiger partial charge in [-0.15, -0.1) is 0 Å². The molecule has 2 heterocycles. The van der Waals surface area contributed by atoms with Gasteiger partial charge < -0.3 is 19.7 Å². The fourth-order valence-corrected chi connectivity index (χ4v) is 5.93. The van der Waals surface area contributed by atoms with Gasteiger partial charge in [0.2, 0.25) is 23.6 Å². The molecule has 4 N–H and O–H groups in total. The number of anilines is 4. The summed E-state index contributed by atoms with van der Waals surface area (Å²) in [6.45, 7) is 6.77. The first-order valence-electron chi connectivity index (χ1n) is 13.5. The molecule has 2 amide bonds. The first-order chi connectivity index (χ1) is 20.7. The molecule has 44 heavy (non-hydrogen) atoms. The highest BCUT2D eigenvalue weighted by Crippen LogP contribution is 2.24. The zero-order valence-corrected chi connectivity index (χ0v) is 26.1. The molecule has 234 valence electrons. The number of hydrogen-bond donors (Lipinski definition) is 4. The lowest BCUT2D eigenvalue weighted by Crippen LogP contribution is -2.15. The van der Waals surface area contributed by atoms with Crippen LogP contribution in [0.15, 0.2) is 67.4 Å². The fraction of sp³-hybridized carbons (Fsp3) is 0.286. The van der Waals surface area contributed by atoms with E-state index in [0.29, 0.717) is 46.7 Å². The predicted molar refractivity (Wildman–Crippen MR) is 162 cm³/mol. The average Bonchev–Trinajstić information content (AvgIpc) is 3.45. The van der Waals surface area contributed by atoms with E-state index < -0.39 is 20.0 Å². The molecular weight excluding hydrogens is 612 g/mol. The van der Waals surface area contributed by atoms with Gasteiger partial charge in [-0.05, 0) is 89.1 Å². The number of nitrogens with zero attached hydrogens (tertiary/aromatic N) is 2. The van der Waals surface area contributed by atoms with Gasteiger partial charge in [0, 0.05) is 35.3 Å². The third-order valence-electron chi connectivity index (χ3n) is 6.72. The third kappa shape index (κ3) is 8.02. The maximum absolute atomic E-state index is 12.6. The molecule has 0 fully saturated rings. The van der Waals surface area contributed by atoms with E-state index in [-0.39, 0.29) is 46.2 Å². The second-order valence-corrected chi connectivity index (χ2v) is 13.4. The lowest BCUT2D eigenvalue weighted by molar-refractivity contribution is -0.118. The van der Waals surface area contributed by atoms with Crippen molar-refractivity contribution in [2.45, 2.75) is 63.2 Å². The number of unbranched alkanes of at least 4 members (excludes halogenated alkanes) is 1. The molecule has 0 unspecified atom stereocenters. The summed E-state index contributed by atoms with van der Waals surface area (Å²) < 4.78 is 65.2. The topological polar surface area (TPSA) is 203 Å². The van der Waals surface area contributed by atoms with Crippen LogP contribution in [0, 0.1) is 27.7 Å². The van der Waals surface area contributed by atoms with Crippen molar-refractivity contribution in [1.29, 1.82) is 0 Å². The Hall–Kier alpha value is -4.70. The SMILES string of the molecule is Cc1noc(NS(=O)(=O)c2ccc(NC(=O)CCCCC(=O)Nc3ccc(S(=O)(=O)Nc4onc(C)c4C)cc3)cc2)c1C. The first kappa shape index (κ1) is 32.2. The predicted octanol–water partition coefficient (Wildman–Crippen LogP) is 4.64. The van der Waals surface area contributed by atoms with E-state index in [1.165, 1.54) is 48.5 Å². The summed E-state index contributed by atoms with van der Waals surface area (Å²) in [5, 5.41) is 12.9. The summed E-state index contributed by atoms with van der Waals surface area (Å²) >= 11 is 0. The number of carbonyl (C=O) groups excluding carboxylic acids is 2. The Morgan fingerprint density at radius 3 is 1.25 bits per heavy atom. The molecule has 2 aromatic heterocycles. The van der Waals surface area contributed by atoms with Crippen molar-refractivity contribution in [2.75, 3.05) is 20.1 Å². The van der Waals surface area contributed by atoms with Crippen molar-refractivity contribution in [3.8, 4) is 0 Å². The molecule has 0 aliphatic carbocycles. The van der Waals surface area contributed by atoms with Crippen LogP contribution in [0.4, 0.5) is 23.1 Å². The number of aromatic nitrogens is 2. The van der Waals surface area contributed by atoms with Gasteiger partial charge in [0.1, 0.15) is 0 Å². The van der Waals surface area contributed by atoms with Crippen LogP contribution < -0.4 is 20.1 Å².